The van der Waals surface area contributed by atoms with Crippen LogP contribution in [0.1, 0.15) is 25.0 Å². The minimum Gasteiger partial charge on any atom is -0.495 e. The highest BCUT2D eigenvalue weighted by Crippen LogP contribution is 2.31. The van der Waals surface area contributed by atoms with E-state index in [1.165, 1.54) is 7.11 Å². The van der Waals surface area contributed by atoms with Crippen LogP contribution in [0.4, 0.5) is 0 Å². The Kier molecular flexibility index (Phi) is 6.71. The average Bonchev–Trinajstić information content (AvgIpc) is 2.55. The number of hydrogen-bond donors (Lipinski definition) is 0. The quantitative estimate of drug-likeness (QED) is 0.752. The maximum absolute atomic E-state index is 13.3. The Hall–Kier alpha value is -1.15. The molecule has 0 N–H and O–H groups in total. The van der Waals surface area contributed by atoms with Crippen molar-refractivity contribution in [3.05, 3.63) is 23.3 Å². The second-order valence-corrected chi connectivity index (χ2v) is 9.55. The third-order valence-corrected chi connectivity index (χ3v) is 7.12. The molecule has 2 atom stereocenters. The summed E-state index contributed by atoms with van der Waals surface area (Å²) in [5.41, 5.74) is 1.98. The number of nitrogens with zero attached hydrogens (tertiary/aromatic N) is 3. The summed E-state index contributed by atoms with van der Waals surface area (Å²) in [5, 5.41) is 0. The van der Waals surface area contributed by atoms with E-state index in [9.17, 15) is 8.42 Å². The Bertz CT molecular complexity index is 722. The van der Waals surface area contributed by atoms with Gasteiger partial charge in [0.15, 0.2) is 0 Å². The highest BCUT2D eigenvalue weighted by molar-refractivity contribution is 7.89. The first-order valence-corrected chi connectivity index (χ1v) is 10.6. The lowest BCUT2D eigenvalue weighted by molar-refractivity contribution is 0.0707. The molecule has 26 heavy (non-hydrogen) atoms. The minimum atomic E-state index is -3.59. The van der Waals surface area contributed by atoms with E-state index >= 15 is 0 Å². The third kappa shape index (κ3) is 4.39. The van der Waals surface area contributed by atoms with Crippen molar-refractivity contribution >= 4 is 10.0 Å². The molecule has 2 rings (SSSR count). The summed E-state index contributed by atoms with van der Waals surface area (Å²) in [5.74, 6) is 0.420. The predicted molar refractivity (Wildman–Crippen MR) is 105 cm³/mol. The summed E-state index contributed by atoms with van der Waals surface area (Å²) in [7, 11) is 2.04. The second kappa shape index (κ2) is 8.25. The molecule has 2 unspecified atom stereocenters. The summed E-state index contributed by atoms with van der Waals surface area (Å²) in [4.78, 5) is 4.82. The van der Waals surface area contributed by atoms with E-state index in [0.717, 1.165) is 24.2 Å². The van der Waals surface area contributed by atoms with Gasteiger partial charge in [-0.3, -0.25) is 4.90 Å². The van der Waals surface area contributed by atoms with Gasteiger partial charge in [-0.05, 0) is 65.0 Å². The summed E-state index contributed by atoms with van der Waals surface area (Å²) < 4.78 is 33.6. The van der Waals surface area contributed by atoms with E-state index in [2.05, 4.69) is 37.7 Å². The molecule has 0 saturated carbocycles. The number of aryl methyl sites for hydroxylation is 2. The van der Waals surface area contributed by atoms with Crippen LogP contribution in [-0.2, 0) is 10.0 Å². The zero-order valence-electron chi connectivity index (χ0n) is 17.1. The number of methoxy groups -OCH3 is 1. The van der Waals surface area contributed by atoms with Crippen LogP contribution in [-0.4, -0.2) is 82.0 Å². The topological polar surface area (TPSA) is 53.1 Å². The SMILES string of the molecule is COc1cc(C)c(C)cc1S(=O)(=O)N1CC(C)N(CCN(C)C)C(C)C1. The van der Waals surface area contributed by atoms with Gasteiger partial charge in [0.2, 0.25) is 10.0 Å². The Morgan fingerprint density at radius 2 is 1.65 bits per heavy atom. The van der Waals surface area contributed by atoms with Crippen molar-refractivity contribution in [1.82, 2.24) is 14.1 Å². The highest BCUT2D eigenvalue weighted by Gasteiger charge is 2.37. The molecule has 1 aromatic rings. The van der Waals surface area contributed by atoms with Crippen molar-refractivity contribution in [2.45, 2.75) is 44.7 Å². The van der Waals surface area contributed by atoms with Gasteiger partial charge in [-0.1, -0.05) is 0 Å². The van der Waals surface area contributed by atoms with Gasteiger partial charge in [0.1, 0.15) is 10.6 Å². The van der Waals surface area contributed by atoms with E-state index in [0.29, 0.717) is 18.8 Å². The van der Waals surface area contributed by atoms with Gasteiger partial charge in [0.05, 0.1) is 7.11 Å². The molecule has 7 heteroatoms. The molecule has 0 aliphatic carbocycles. The van der Waals surface area contributed by atoms with Gasteiger partial charge in [0.25, 0.3) is 0 Å². The normalized spacial score (nSPS) is 22.8. The van der Waals surface area contributed by atoms with Crippen molar-refractivity contribution in [2.75, 3.05) is 47.4 Å². The number of rotatable bonds is 6. The van der Waals surface area contributed by atoms with Crippen LogP contribution in [0.3, 0.4) is 0 Å². The molecule has 6 nitrogen and oxygen atoms in total. The smallest absolute Gasteiger partial charge is 0.246 e. The maximum atomic E-state index is 13.3. The van der Waals surface area contributed by atoms with Crippen LogP contribution in [0.5, 0.6) is 5.75 Å². The summed E-state index contributed by atoms with van der Waals surface area (Å²) >= 11 is 0. The zero-order valence-corrected chi connectivity index (χ0v) is 17.9. The molecule has 1 saturated heterocycles. The molecule has 1 heterocycles. The summed E-state index contributed by atoms with van der Waals surface area (Å²) in [6.07, 6.45) is 0. The maximum Gasteiger partial charge on any atom is 0.246 e. The predicted octanol–water partition coefficient (Wildman–Crippen LogP) is 1.96. The number of piperazine rings is 1. The molecular formula is C19H33N3O3S. The van der Waals surface area contributed by atoms with Crippen molar-refractivity contribution in [1.29, 1.82) is 0 Å². The standard InChI is InChI=1S/C19H33N3O3S/c1-14-10-18(25-7)19(11-15(14)2)26(23,24)21-12-16(3)22(17(4)13-21)9-8-20(5)6/h10-11,16-17H,8-9,12-13H2,1-7H3. The Balaban J connectivity index is 2.27. The molecule has 1 aliphatic rings. The molecule has 0 bridgehead atoms. The Morgan fingerprint density at radius 1 is 1.12 bits per heavy atom. The Morgan fingerprint density at radius 3 is 2.15 bits per heavy atom. The minimum absolute atomic E-state index is 0.172. The number of hydrogen-bond acceptors (Lipinski definition) is 5. The molecule has 1 aromatic carbocycles. The van der Waals surface area contributed by atoms with Crippen LogP contribution in [0, 0.1) is 13.8 Å². The lowest BCUT2D eigenvalue weighted by Gasteiger charge is -2.44. The first kappa shape index (κ1) is 21.2. The zero-order chi connectivity index (χ0) is 19.6. The fourth-order valence-corrected chi connectivity index (χ4v) is 5.35. The molecule has 0 amide bonds. The van der Waals surface area contributed by atoms with E-state index < -0.39 is 10.0 Å². The van der Waals surface area contributed by atoms with Crippen LogP contribution in [0.2, 0.25) is 0 Å². The van der Waals surface area contributed by atoms with E-state index in [1.54, 1.807) is 10.4 Å². The second-order valence-electron chi connectivity index (χ2n) is 7.65. The first-order valence-electron chi connectivity index (χ1n) is 9.13. The largest absolute Gasteiger partial charge is 0.495 e. The van der Waals surface area contributed by atoms with Crippen LogP contribution >= 0.6 is 0 Å². The molecule has 1 fully saturated rings. The molecule has 0 spiro atoms. The molecular weight excluding hydrogens is 350 g/mol. The first-order chi connectivity index (χ1) is 12.1. The fraction of sp³-hybridized carbons (Fsp3) is 0.684. The monoisotopic (exact) mass is 383 g/mol. The fourth-order valence-electron chi connectivity index (χ4n) is 3.52. The number of likely N-dealkylation sites (N-methyl/N-ethyl adjacent to an activating group) is 1. The van der Waals surface area contributed by atoms with Gasteiger partial charge in [-0.15, -0.1) is 0 Å². The van der Waals surface area contributed by atoms with Crippen LogP contribution in [0.15, 0.2) is 17.0 Å². The summed E-state index contributed by atoms with van der Waals surface area (Å²) in [6, 6.07) is 3.89. The number of sulfonamides is 1. The van der Waals surface area contributed by atoms with Gasteiger partial charge >= 0.3 is 0 Å². The lowest BCUT2D eigenvalue weighted by atomic mass is 10.1. The van der Waals surface area contributed by atoms with Gasteiger partial charge in [-0.25, -0.2) is 8.42 Å². The van der Waals surface area contributed by atoms with Crippen molar-refractivity contribution in [2.24, 2.45) is 0 Å². The lowest BCUT2D eigenvalue weighted by Crippen LogP contribution is -2.58. The number of benzene rings is 1. The molecule has 0 aromatic heterocycles. The Labute approximate surface area is 158 Å². The van der Waals surface area contributed by atoms with E-state index in [4.69, 9.17) is 4.74 Å². The molecule has 0 radical (unpaired) electrons. The molecule has 1 aliphatic heterocycles. The van der Waals surface area contributed by atoms with Crippen molar-refractivity contribution < 1.29 is 13.2 Å². The van der Waals surface area contributed by atoms with Gasteiger partial charge in [-0.2, -0.15) is 4.31 Å². The molecule has 148 valence electrons. The van der Waals surface area contributed by atoms with E-state index in [-0.39, 0.29) is 17.0 Å². The van der Waals surface area contributed by atoms with Gasteiger partial charge in [0, 0.05) is 38.3 Å². The average molecular weight is 384 g/mol. The van der Waals surface area contributed by atoms with Gasteiger partial charge < -0.3 is 9.64 Å². The van der Waals surface area contributed by atoms with Crippen LogP contribution in [0.25, 0.3) is 0 Å². The highest BCUT2D eigenvalue weighted by atomic mass is 32.2. The third-order valence-electron chi connectivity index (χ3n) is 5.27. The van der Waals surface area contributed by atoms with Crippen molar-refractivity contribution in [3.8, 4) is 5.75 Å². The summed E-state index contributed by atoms with van der Waals surface area (Å²) in [6.45, 7) is 11.0. The van der Waals surface area contributed by atoms with Crippen LogP contribution < -0.4 is 4.74 Å². The number of ether oxygens (including phenoxy) is 1. The van der Waals surface area contributed by atoms with Crippen molar-refractivity contribution in [3.63, 3.8) is 0 Å². The van der Waals surface area contributed by atoms with E-state index in [1.807, 2.05) is 19.9 Å².